The number of nitro benzene ring substituents is 1. The van der Waals surface area contributed by atoms with Crippen molar-refractivity contribution < 1.29 is 33.5 Å². The van der Waals surface area contributed by atoms with Crippen molar-refractivity contribution in [3.05, 3.63) is 27.8 Å². The van der Waals surface area contributed by atoms with Crippen LogP contribution >= 0.6 is 0 Å². The van der Waals surface area contributed by atoms with Gasteiger partial charge in [-0.15, -0.1) is 0 Å². The van der Waals surface area contributed by atoms with Gasteiger partial charge in [0.2, 0.25) is 0 Å². The summed E-state index contributed by atoms with van der Waals surface area (Å²) < 4.78 is 21.1. The second kappa shape index (κ2) is 12.0. The normalized spacial score (nSPS) is 18.1. The zero-order valence-electron chi connectivity index (χ0n) is 19.8. The number of rotatable bonds is 10. The maximum Gasteiger partial charge on any atom is 0.345 e. The lowest BCUT2D eigenvalue weighted by atomic mass is 9.79. The molecule has 11 heteroatoms. The van der Waals surface area contributed by atoms with Crippen LogP contribution in [-0.4, -0.2) is 80.4 Å². The molecule has 0 unspecified atom stereocenters. The largest absolute Gasteiger partial charge is 0.493 e. The van der Waals surface area contributed by atoms with Crippen LogP contribution in [0.25, 0.3) is 0 Å². The fourth-order valence-electron chi connectivity index (χ4n) is 4.67. The summed E-state index contributed by atoms with van der Waals surface area (Å²) in [6.45, 7) is 4.93. The summed E-state index contributed by atoms with van der Waals surface area (Å²) >= 11 is 0. The van der Waals surface area contributed by atoms with Crippen LogP contribution in [0.4, 0.5) is 5.69 Å². The van der Waals surface area contributed by atoms with Gasteiger partial charge in [0, 0.05) is 31.2 Å². The number of amides is 1. The Morgan fingerprint density at radius 3 is 2.50 bits per heavy atom. The van der Waals surface area contributed by atoms with Gasteiger partial charge in [0.05, 0.1) is 37.9 Å². The van der Waals surface area contributed by atoms with Gasteiger partial charge in [-0.25, -0.2) is 4.79 Å². The first-order chi connectivity index (χ1) is 16.4. The van der Waals surface area contributed by atoms with Crippen molar-refractivity contribution in [3.8, 4) is 11.5 Å². The second-order valence-corrected chi connectivity index (χ2v) is 8.45. The van der Waals surface area contributed by atoms with E-state index in [0.717, 1.165) is 44.8 Å². The molecule has 1 aliphatic heterocycles. The zero-order valence-corrected chi connectivity index (χ0v) is 19.8. The fraction of sp³-hybridized carbons (Fsp3) is 0.652. The van der Waals surface area contributed by atoms with Crippen molar-refractivity contribution in [1.82, 2.24) is 10.2 Å². The number of hydrogen-bond donors (Lipinski definition) is 1. The topological polar surface area (TPSA) is 129 Å². The van der Waals surface area contributed by atoms with Gasteiger partial charge in [-0.3, -0.25) is 19.8 Å². The maximum atomic E-state index is 12.6. The summed E-state index contributed by atoms with van der Waals surface area (Å²) in [6.07, 6.45) is 5.37. The second-order valence-electron chi connectivity index (χ2n) is 8.45. The Labute approximate surface area is 198 Å². The molecule has 1 saturated carbocycles. The van der Waals surface area contributed by atoms with E-state index in [9.17, 15) is 19.7 Å². The Morgan fingerprint density at radius 2 is 1.88 bits per heavy atom. The highest BCUT2D eigenvalue weighted by atomic mass is 16.6. The third kappa shape index (κ3) is 6.15. The summed E-state index contributed by atoms with van der Waals surface area (Å²) in [4.78, 5) is 38.3. The number of nitrogens with one attached hydrogen (secondary N) is 1. The van der Waals surface area contributed by atoms with Gasteiger partial charge in [-0.2, -0.15) is 0 Å². The SMILES string of the molecule is CCOc1cc([N+](=O)[O-])c(C(=O)OCC(=O)NCC2(N3CCOCC3)CCCCC2)cc1OC. The van der Waals surface area contributed by atoms with Crippen LogP contribution in [0.15, 0.2) is 12.1 Å². The van der Waals surface area contributed by atoms with Gasteiger partial charge in [0.25, 0.3) is 11.6 Å². The third-order valence-electron chi connectivity index (χ3n) is 6.41. The number of esters is 1. The number of nitro groups is 1. The Hall–Kier alpha value is -2.92. The first kappa shape index (κ1) is 25.7. The first-order valence-electron chi connectivity index (χ1n) is 11.7. The predicted octanol–water partition coefficient (Wildman–Crippen LogP) is 2.31. The Bertz CT molecular complexity index is 879. The molecule has 0 radical (unpaired) electrons. The molecule has 188 valence electrons. The lowest BCUT2D eigenvalue weighted by Crippen LogP contribution is -2.59. The van der Waals surface area contributed by atoms with Crippen molar-refractivity contribution in [3.63, 3.8) is 0 Å². The van der Waals surface area contributed by atoms with Crippen LogP contribution in [0.1, 0.15) is 49.4 Å². The van der Waals surface area contributed by atoms with Crippen molar-refractivity contribution in [2.24, 2.45) is 0 Å². The summed E-state index contributed by atoms with van der Waals surface area (Å²) in [7, 11) is 1.36. The molecule has 1 aromatic rings. The lowest BCUT2D eigenvalue weighted by molar-refractivity contribution is -0.385. The van der Waals surface area contributed by atoms with Gasteiger partial charge in [0.1, 0.15) is 5.56 Å². The van der Waals surface area contributed by atoms with Gasteiger partial charge < -0.3 is 24.3 Å². The molecule has 1 aromatic carbocycles. The number of methoxy groups -OCH3 is 1. The molecule has 11 nitrogen and oxygen atoms in total. The molecular weight excluding hydrogens is 446 g/mol. The predicted molar refractivity (Wildman–Crippen MR) is 122 cm³/mol. The molecule has 34 heavy (non-hydrogen) atoms. The van der Waals surface area contributed by atoms with Crippen molar-refractivity contribution >= 4 is 17.6 Å². The van der Waals surface area contributed by atoms with Crippen LogP contribution in [-0.2, 0) is 14.3 Å². The quantitative estimate of drug-likeness (QED) is 0.305. The van der Waals surface area contributed by atoms with Gasteiger partial charge >= 0.3 is 5.97 Å². The van der Waals surface area contributed by atoms with Gasteiger partial charge in [-0.05, 0) is 19.8 Å². The summed E-state index contributed by atoms with van der Waals surface area (Å²) in [5.41, 5.74) is -0.915. The fourth-order valence-corrected chi connectivity index (χ4v) is 4.67. The van der Waals surface area contributed by atoms with Crippen molar-refractivity contribution in [2.45, 2.75) is 44.6 Å². The standard InChI is InChI=1S/C23H33N3O8/c1-3-33-20-14-18(26(29)30)17(13-19(20)31-2)22(28)34-15-21(27)24-16-23(7-5-4-6-8-23)25-9-11-32-12-10-25/h13-14H,3-12,15-16H2,1-2H3,(H,24,27). The number of benzene rings is 1. The minimum Gasteiger partial charge on any atom is -0.493 e. The van der Waals surface area contributed by atoms with Gasteiger partial charge in [0.15, 0.2) is 18.1 Å². The molecule has 3 rings (SSSR count). The van der Waals surface area contributed by atoms with Crippen LogP contribution in [0, 0.1) is 10.1 Å². The average molecular weight is 480 g/mol. The number of ether oxygens (including phenoxy) is 4. The van der Waals surface area contributed by atoms with Crippen molar-refractivity contribution in [2.75, 3.05) is 53.2 Å². The number of carbonyl (C=O) groups is 2. The van der Waals surface area contributed by atoms with E-state index in [0.29, 0.717) is 19.8 Å². The Kier molecular flexibility index (Phi) is 9.05. The third-order valence-corrected chi connectivity index (χ3v) is 6.41. The number of morpholine rings is 1. The van der Waals surface area contributed by atoms with E-state index < -0.39 is 29.1 Å². The molecule has 0 spiro atoms. The van der Waals surface area contributed by atoms with Crippen LogP contribution in [0.2, 0.25) is 0 Å². The molecule has 0 bridgehead atoms. The zero-order chi connectivity index (χ0) is 24.6. The van der Waals surface area contributed by atoms with Crippen molar-refractivity contribution in [1.29, 1.82) is 0 Å². The molecule has 1 aliphatic carbocycles. The Morgan fingerprint density at radius 1 is 1.18 bits per heavy atom. The van der Waals surface area contributed by atoms with E-state index in [1.165, 1.54) is 19.6 Å². The average Bonchev–Trinajstić information content (AvgIpc) is 2.87. The van der Waals surface area contributed by atoms with E-state index in [-0.39, 0.29) is 29.2 Å². The van der Waals surface area contributed by atoms with Crippen LogP contribution in [0.3, 0.4) is 0 Å². The molecule has 1 heterocycles. The van der Waals surface area contributed by atoms with E-state index in [1.807, 2.05) is 0 Å². The molecule has 1 amide bonds. The van der Waals surface area contributed by atoms with E-state index in [1.54, 1.807) is 6.92 Å². The lowest BCUT2D eigenvalue weighted by Gasteiger charge is -2.48. The number of nitrogens with zero attached hydrogens (tertiary/aromatic N) is 2. The summed E-state index contributed by atoms with van der Waals surface area (Å²) in [5.74, 6) is -1.13. The molecule has 1 N–H and O–H groups in total. The minimum atomic E-state index is -0.983. The molecule has 0 atom stereocenters. The summed E-state index contributed by atoms with van der Waals surface area (Å²) in [6, 6.07) is 2.31. The molecule has 0 aromatic heterocycles. The maximum absolute atomic E-state index is 12.6. The highest BCUT2D eigenvalue weighted by molar-refractivity contribution is 5.96. The molecule has 1 saturated heterocycles. The summed E-state index contributed by atoms with van der Waals surface area (Å²) in [5, 5.41) is 14.4. The molecule has 2 aliphatic rings. The van der Waals surface area contributed by atoms with E-state index in [4.69, 9.17) is 18.9 Å². The van der Waals surface area contributed by atoms with E-state index >= 15 is 0 Å². The van der Waals surface area contributed by atoms with Crippen LogP contribution in [0.5, 0.6) is 11.5 Å². The monoisotopic (exact) mass is 479 g/mol. The highest BCUT2D eigenvalue weighted by Crippen LogP contribution is 2.35. The first-order valence-corrected chi connectivity index (χ1v) is 11.7. The molecule has 2 fully saturated rings. The van der Waals surface area contributed by atoms with E-state index in [2.05, 4.69) is 10.2 Å². The van der Waals surface area contributed by atoms with Crippen LogP contribution < -0.4 is 14.8 Å². The minimum absolute atomic E-state index is 0.122. The Balaban J connectivity index is 1.63. The highest BCUT2D eigenvalue weighted by Gasteiger charge is 2.39. The van der Waals surface area contributed by atoms with Gasteiger partial charge in [-0.1, -0.05) is 19.3 Å². The number of hydrogen-bond acceptors (Lipinski definition) is 9. The molecular formula is C23H33N3O8. The number of carbonyl (C=O) groups excluding carboxylic acids is 2. The smallest absolute Gasteiger partial charge is 0.345 e.